The normalized spacial score (nSPS) is 19.7. The SMILES string of the molecule is CN1CCN(CCC(C)(C)CN)CC1=O. The molecule has 0 aromatic heterocycles. The maximum atomic E-state index is 11.5. The van der Waals surface area contributed by atoms with E-state index in [0.29, 0.717) is 13.1 Å². The van der Waals surface area contributed by atoms with Crippen LogP contribution in [0.15, 0.2) is 0 Å². The molecule has 4 heteroatoms. The van der Waals surface area contributed by atoms with E-state index in [9.17, 15) is 4.79 Å². The lowest BCUT2D eigenvalue weighted by atomic mass is 9.89. The third kappa shape index (κ3) is 3.80. The molecule has 0 unspecified atom stereocenters. The number of nitrogens with zero attached hydrogens (tertiary/aromatic N) is 2. The van der Waals surface area contributed by atoms with E-state index in [4.69, 9.17) is 5.73 Å². The maximum Gasteiger partial charge on any atom is 0.236 e. The van der Waals surface area contributed by atoms with Crippen LogP contribution < -0.4 is 5.73 Å². The van der Waals surface area contributed by atoms with Gasteiger partial charge in [0.15, 0.2) is 0 Å². The number of carbonyl (C=O) groups is 1. The van der Waals surface area contributed by atoms with Gasteiger partial charge in [0.05, 0.1) is 6.54 Å². The van der Waals surface area contributed by atoms with Crippen molar-refractivity contribution in [1.82, 2.24) is 9.80 Å². The van der Waals surface area contributed by atoms with Gasteiger partial charge in [0.1, 0.15) is 0 Å². The zero-order valence-electron chi connectivity index (χ0n) is 10.1. The molecule has 1 heterocycles. The Morgan fingerprint density at radius 1 is 1.40 bits per heavy atom. The summed E-state index contributed by atoms with van der Waals surface area (Å²) < 4.78 is 0. The van der Waals surface area contributed by atoms with Gasteiger partial charge in [-0.3, -0.25) is 9.69 Å². The minimum atomic E-state index is 0.187. The van der Waals surface area contributed by atoms with Crippen LogP contribution >= 0.6 is 0 Å². The average Bonchev–Trinajstić information content (AvgIpc) is 2.20. The highest BCUT2D eigenvalue weighted by Crippen LogP contribution is 2.18. The molecule has 0 atom stereocenters. The van der Waals surface area contributed by atoms with Crippen LogP contribution in [0, 0.1) is 5.41 Å². The van der Waals surface area contributed by atoms with Gasteiger partial charge < -0.3 is 10.6 Å². The molecule has 2 N–H and O–H groups in total. The summed E-state index contributed by atoms with van der Waals surface area (Å²) in [5.41, 5.74) is 5.86. The predicted molar refractivity (Wildman–Crippen MR) is 61.5 cm³/mol. The molecule has 0 aromatic rings. The van der Waals surface area contributed by atoms with Crippen LogP contribution in [0.4, 0.5) is 0 Å². The molecule has 0 aromatic carbocycles. The average molecular weight is 213 g/mol. The molecule has 0 saturated carbocycles. The van der Waals surface area contributed by atoms with E-state index in [1.54, 1.807) is 4.90 Å². The zero-order chi connectivity index (χ0) is 11.5. The predicted octanol–water partition coefficient (Wildman–Crippen LogP) is 0.135. The van der Waals surface area contributed by atoms with Crippen LogP contribution in [0.1, 0.15) is 20.3 Å². The summed E-state index contributed by atoms with van der Waals surface area (Å²) >= 11 is 0. The third-order valence-corrected chi connectivity index (χ3v) is 3.19. The summed E-state index contributed by atoms with van der Waals surface area (Å²) in [6.07, 6.45) is 1.06. The van der Waals surface area contributed by atoms with Crippen LogP contribution in [0.5, 0.6) is 0 Å². The molecule has 0 bridgehead atoms. The van der Waals surface area contributed by atoms with Crippen molar-refractivity contribution in [2.24, 2.45) is 11.1 Å². The van der Waals surface area contributed by atoms with Crippen molar-refractivity contribution < 1.29 is 4.79 Å². The minimum absolute atomic E-state index is 0.187. The lowest BCUT2D eigenvalue weighted by Crippen LogP contribution is -2.49. The second-order valence-electron chi connectivity index (χ2n) is 5.21. The molecule has 1 fully saturated rings. The van der Waals surface area contributed by atoms with Gasteiger partial charge in [-0.25, -0.2) is 0 Å². The Bertz CT molecular complexity index is 228. The van der Waals surface area contributed by atoms with Gasteiger partial charge >= 0.3 is 0 Å². The van der Waals surface area contributed by atoms with Crippen molar-refractivity contribution in [2.45, 2.75) is 20.3 Å². The van der Waals surface area contributed by atoms with Crippen molar-refractivity contribution >= 4 is 5.91 Å². The largest absolute Gasteiger partial charge is 0.343 e. The number of carbonyl (C=O) groups excluding carboxylic acids is 1. The monoisotopic (exact) mass is 213 g/mol. The summed E-state index contributed by atoms with van der Waals surface area (Å²) in [7, 11) is 1.86. The smallest absolute Gasteiger partial charge is 0.236 e. The summed E-state index contributed by atoms with van der Waals surface area (Å²) in [6, 6.07) is 0. The summed E-state index contributed by atoms with van der Waals surface area (Å²) in [5.74, 6) is 0.229. The first-order chi connectivity index (χ1) is 6.94. The molecule has 0 spiro atoms. The van der Waals surface area contributed by atoms with Crippen molar-refractivity contribution in [1.29, 1.82) is 0 Å². The van der Waals surface area contributed by atoms with Crippen LogP contribution in [0.3, 0.4) is 0 Å². The van der Waals surface area contributed by atoms with E-state index in [0.717, 1.165) is 26.1 Å². The first-order valence-corrected chi connectivity index (χ1v) is 5.61. The Hall–Kier alpha value is -0.610. The van der Waals surface area contributed by atoms with Crippen LogP contribution in [-0.2, 0) is 4.79 Å². The third-order valence-electron chi connectivity index (χ3n) is 3.19. The summed E-state index contributed by atoms with van der Waals surface area (Å²) in [5, 5.41) is 0. The number of piperazine rings is 1. The van der Waals surface area contributed by atoms with E-state index >= 15 is 0 Å². The molecule has 88 valence electrons. The quantitative estimate of drug-likeness (QED) is 0.722. The van der Waals surface area contributed by atoms with Gasteiger partial charge in [-0.1, -0.05) is 13.8 Å². The van der Waals surface area contributed by atoms with Gasteiger partial charge in [-0.05, 0) is 24.9 Å². The fraction of sp³-hybridized carbons (Fsp3) is 0.909. The fourth-order valence-corrected chi connectivity index (χ4v) is 1.56. The molecule has 1 aliphatic rings. The number of rotatable bonds is 4. The van der Waals surface area contributed by atoms with Crippen LogP contribution in [0.25, 0.3) is 0 Å². The summed E-state index contributed by atoms with van der Waals surface area (Å²) in [4.78, 5) is 15.5. The van der Waals surface area contributed by atoms with E-state index in [1.165, 1.54) is 0 Å². The molecule has 0 aliphatic carbocycles. The van der Waals surface area contributed by atoms with Crippen LogP contribution in [0.2, 0.25) is 0 Å². The molecule has 4 nitrogen and oxygen atoms in total. The standard InChI is InChI=1S/C11H23N3O/c1-11(2,9-12)4-5-14-7-6-13(3)10(15)8-14/h4-9,12H2,1-3H3. The Balaban J connectivity index is 2.32. The number of amides is 1. The van der Waals surface area contributed by atoms with Crippen LogP contribution in [-0.4, -0.2) is 55.5 Å². The highest BCUT2D eigenvalue weighted by molar-refractivity contribution is 5.78. The fourth-order valence-electron chi connectivity index (χ4n) is 1.56. The Morgan fingerprint density at radius 3 is 2.60 bits per heavy atom. The van der Waals surface area contributed by atoms with Crippen molar-refractivity contribution in [3.63, 3.8) is 0 Å². The minimum Gasteiger partial charge on any atom is -0.343 e. The number of nitrogens with two attached hydrogens (primary N) is 1. The van der Waals surface area contributed by atoms with Crippen molar-refractivity contribution in [3.05, 3.63) is 0 Å². The molecule has 0 radical (unpaired) electrons. The van der Waals surface area contributed by atoms with Gasteiger partial charge in [0.25, 0.3) is 0 Å². The molecular weight excluding hydrogens is 190 g/mol. The zero-order valence-corrected chi connectivity index (χ0v) is 10.1. The number of hydrogen-bond acceptors (Lipinski definition) is 3. The molecule has 1 amide bonds. The Labute approximate surface area is 92.4 Å². The molecule has 1 aliphatic heterocycles. The van der Waals surface area contributed by atoms with E-state index in [1.807, 2.05) is 7.05 Å². The highest BCUT2D eigenvalue weighted by Gasteiger charge is 2.23. The van der Waals surface area contributed by atoms with Gasteiger partial charge in [0, 0.05) is 20.1 Å². The Morgan fingerprint density at radius 2 is 2.07 bits per heavy atom. The van der Waals surface area contributed by atoms with E-state index in [-0.39, 0.29) is 11.3 Å². The van der Waals surface area contributed by atoms with Gasteiger partial charge in [0.2, 0.25) is 5.91 Å². The molecule has 1 rings (SSSR count). The first kappa shape index (κ1) is 12.5. The van der Waals surface area contributed by atoms with Crippen molar-refractivity contribution in [2.75, 3.05) is 39.8 Å². The van der Waals surface area contributed by atoms with Gasteiger partial charge in [-0.2, -0.15) is 0 Å². The topological polar surface area (TPSA) is 49.6 Å². The Kier molecular flexibility index (Phi) is 4.11. The van der Waals surface area contributed by atoms with E-state index < -0.39 is 0 Å². The van der Waals surface area contributed by atoms with Gasteiger partial charge in [-0.15, -0.1) is 0 Å². The number of likely N-dealkylation sites (N-methyl/N-ethyl adjacent to an activating group) is 1. The lowest BCUT2D eigenvalue weighted by molar-refractivity contribution is -0.134. The highest BCUT2D eigenvalue weighted by atomic mass is 16.2. The maximum absolute atomic E-state index is 11.5. The molecular formula is C11H23N3O. The second-order valence-corrected chi connectivity index (χ2v) is 5.21. The second kappa shape index (κ2) is 4.94. The molecule has 15 heavy (non-hydrogen) atoms. The molecule has 1 saturated heterocycles. The number of hydrogen-bond donors (Lipinski definition) is 1. The van der Waals surface area contributed by atoms with E-state index in [2.05, 4.69) is 18.7 Å². The first-order valence-electron chi connectivity index (χ1n) is 5.61. The summed E-state index contributed by atoms with van der Waals surface area (Å²) in [6.45, 7) is 8.43. The lowest BCUT2D eigenvalue weighted by Gasteiger charge is -2.34. The van der Waals surface area contributed by atoms with Crippen molar-refractivity contribution in [3.8, 4) is 0 Å².